The molecule has 1 amide bonds. The molecule has 3 rings (SSSR count). The quantitative estimate of drug-likeness (QED) is 0.828. The van der Waals surface area contributed by atoms with E-state index in [4.69, 9.17) is 16.3 Å². The molecule has 0 atom stereocenters. The number of benzene rings is 1. The zero-order valence-electron chi connectivity index (χ0n) is 10.5. The van der Waals surface area contributed by atoms with E-state index in [1.165, 1.54) is 18.3 Å². The number of aromatic nitrogens is 1. The van der Waals surface area contributed by atoms with Crippen LogP contribution in [0, 0.1) is 0 Å². The van der Waals surface area contributed by atoms with Crippen molar-refractivity contribution in [1.82, 2.24) is 4.98 Å². The molecule has 1 N–H and O–H groups in total. The lowest BCUT2D eigenvalue weighted by atomic mass is 10.0. The predicted octanol–water partition coefficient (Wildman–Crippen LogP) is 3.06. The number of nitrogens with zero attached hydrogens (tertiary/aromatic N) is 1. The van der Waals surface area contributed by atoms with Crippen molar-refractivity contribution in [3.63, 3.8) is 0 Å². The van der Waals surface area contributed by atoms with Gasteiger partial charge in [0.15, 0.2) is 12.4 Å². The van der Waals surface area contributed by atoms with Crippen LogP contribution in [0.15, 0.2) is 35.1 Å². The number of hydrogen-bond acceptors (Lipinski definition) is 4. The van der Waals surface area contributed by atoms with Gasteiger partial charge in [-0.05, 0) is 34.1 Å². The molecule has 0 bridgehead atoms. The highest BCUT2D eigenvalue weighted by molar-refractivity contribution is 9.10. The number of ether oxygens (including phenoxy) is 1. The van der Waals surface area contributed by atoms with Crippen LogP contribution in [0.1, 0.15) is 15.9 Å². The molecule has 7 heteroatoms. The number of carbonyl (C=O) groups is 2. The molecule has 1 aromatic carbocycles. The maximum absolute atomic E-state index is 12.5. The van der Waals surface area contributed by atoms with Gasteiger partial charge in [0.05, 0.1) is 10.7 Å². The molecular weight excluding hydrogens is 360 g/mol. The average molecular weight is 368 g/mol. The van der Waals surface area contributed by atoms with Crippen LogP contribution in [0.5, 0.6) is 5.75 Å². The third-order valence-corrected chi connectivity index (χ3v) is 3.66. The summed E-state index contributed by atoms with van der Waals surface area (Å²) in [4.78, 5) is 27.7. The Bertz CT molecular complexity index is 764. The molecule has 0 spiro atoms. The molecule has 106 valence electrons. The van der Waals surface area contributed by atoms with Crippen molar-refractivity contribution >= 4 is 44.9 Å². The van der Waals surface area contributed by atoms with E-state index in [0.29, 0.717) is 27.0 Å². The lowest BCUT2D eigenvalue weighted by molar-refractivity contribution is -0.118. The van der Waals surface area contributed by atoms with Gasteiger partial charge in [-0.1, -0.05) is 11.6 Å². The molecule has 0 fully saturated rings. The number of nitrogens with one attached hydrogen (secondary N) is 1. The topological polar surface area (TPSA) is 68.3 Å². The fourth-order valence-corrected chi connectivity index (χ4v) is 2.58. The smallest absolute Gasteiger partial charge is 0.262 e. The highest BCUT2D eigenvalue weighted by atomic mass is 79.9. The zero-order valence-corrected chi connectivity index (χ0v) is 12.9. The Labute approximate surface area is 133 Å². The Kier molecular flexibility index (Phi) is 3.65. The van der Waals surface area contributed by atoms with Crippen LogP contribution >= 0.6 is 27.5 Å². The number of carbonyl (C=O) groups excluding carboxylic acids is 2. The van der Waals surface area contributed by atoms with Crippen molar-refractivity contribution in [3.05, 3.63) is 51.2 Å². The van der Waals surface area contributed by atoms with E-state index in [2.05, 4.69) is 26.2 Å². The van der Waals surface area contributed by atoms with Crippen molar-refractivity contribution in [2.24, 2.45) is 0 Å². The summed E-state index contributed by atoms with van der Waals surface area (Å²) in [5.41, 5.74) is 1.16. The van der Waals surface area contributed by atoms with Gasteiger partial charge in [-0.15, -0.1) is 0 Å². The summed E-state index contributed by atoms with van der Waals surface area (Å²) in [6, 6.07) is 4.70. The maximum atomic E-state index is 12.5. The van der Waals surface area contributed by atoms with E-state index in [0.717, 1.165) is 0 Å². The first kappa shape index (κ1) is 14.0. The van der Waals surface area contributed by atoms with E-state index in [-0.39, 0.29) is 23.3 Å². The molecule has 0 saturated heterocycles. The molecule has 2 aromatic rings. The predicted molar refractivity (Wildman–Crippen MR) is 80.9 cm³/mol. The third kappa shape index (κ3) is 2.77. The fourth-order valence-electron chi connectivity index (χ4n) is 1.97. The van der Waals surface area contributed by atoms with E-state index in [1.807, 2.05) is 0 Å². The minimum absolute atomic E-state index is 0.0826. The summed E-state index contributed by atoms with van der Waals surface area (Å²) in [6.45, 7) is -0.0826. The van der Waals surface area contributed by atoms with Gasteiger partial charge in [0.25, 0.3) is 5.91 Å². The highest BCUT2D eigenvalue weighted by Crippen LogP contribution is 2.34. The maximum Gasteiger partial charge on any atom is 0.262 e. The largest absolute Gasteiger partial charge is 0.482 e. The molecule has 1 aliphatic rings. The number of rotatable bonds is 2. The molecule has 5 nitrogen and oxygen atoms in total. The van der Waals surface area contributed by atoms with Crippen LogP contribution in [0.3, 0.4) is 0 Å². The first-order valence-corrected chi connectivity index (χ1v) is 7.13. The Balaban J connectivity index is 2.03. The second-order valence-corrected chi connectivity index (χ2v) is 5.71. The third-order valence-electron chi connectivity index (χ3n) is 2.91. The second kappa shape index (κ2) is 5.46. The van der Waals surface area contributed by atoms with Gasteiger partial charge >= 0.3 is 0 Å². The second-order valence-electron chi connectivity index (χ2n) is 4.39. The SMILES string of the molecule is O=C1COc2cc(C(=O)c3cncc(Br)c3)c(Cl)cc2N1. The van der Waals surface area contributed by atoms with Crippen LogP contribution < -0.4 is 10.1 Å². The number of fused-ring (bicyclic) bond motifs is 1. The van der Waals surface area contributed by atoms with Gasteiger partial charge < -0.3 is 10.1 Å². The molecule has 0 unspecified atom stereocenters. The Morgan fingerprint density at radius 2 is 2.14 bits per heavy atom. The number of hydrogen-bond donors (Lipinski definition) is 1. The summed E-state index contributed by atoms with van der Waals surface area (Å²) in [6.07, 6.45) is 3.05. The summed E-state index contributed by atoms with van der Waals surface area (Å²) in [5.74, 6) is -0.101. The van der Waals surface area contributed by atoms with E-state index < -0.39 is 0 Å². The first-order chi connectivity index (χ1) is 10.0. The molecular formula is C14H8BrClN2O3. The minimum Gasteiger partial charge on any atom is -0.482 e. The molecule has 0 aliphatic carbocycles. The van der Waals surface area contributed by atoms with Gasteiger partial charge in [-0.3, -0.25) is 14.6 Å². The van der Waals surface area contributed by atoms with Gasteiger partial charge in [-0.25, -0.2) is 0 Å². The van der Waals surface area contributed by atoms with E-state index >= 15 is 0 Å². The number of ketones is 1. The van der Waals surface area contributed by atoms with Gasteiger partial charge in [-0.2, -0.15) is 0 Å². The van der Waals surface area contributed by atoms with Gasteiger partial charge in [0.1, 0.15) is 5.75 Å². The number of amides is 1. The Morgan fingerprint density at radius 3 is 2.90 bits per heavy atom. The summed E-state index contributed by atoms with van der Waals surface area (Å²) < 4.78 is 5.99. The summed E-state index contributed by atoms with van der Waals surface area (Å²) in [5, 5.41) is 2.88. The number of halogens is 2. The number of pyridine rings is 1. The Hall–Kier alpha value is -1.92. The van der Waals surface area contributed by atoms with Crippen molar-refractivity contribution in [2.75, 3.05) is 11.9 Å². The van der Waals surface area contributed by atoms with Crippen molar-refractivity contribution < 1.29 is 14.3 Å². The van der Waals surface area contributed by atoms with E-state index in [9.17, 15) is 9.59 Å². The van der Waals surface area contributed by atoms with Crippen molar-refractivity contribution in [3.8, 4) is 5.75 Å². The molecule has 2 heterocycles. The van der Waals surface area contributed by atoms with E-state index in [1.54, 1.807) is 12.3 Å². The Morgan fingerprint density at radius 1 is 1.33 bits per heavy atom. The average Bonchev–Trinajstić information content (AvgIpc) is 2.45. The van der Waals surface area contributed by atoms with Gasteiger partial charge in [0.2, 0.25) is 0 Å². The van der Waals surface area contributed by atoms with Gasteiger partial charge in [0, 0.05) is 28.0 Å². The summed E-state index contributed by atoms with van der Waals surface area (Å²) in [7, 11) is 0. The fraction of sp³-hybridized carbons (Fsp3) is 0.0714. The van der Waals surface area contributed by atoms with Crippen molar-refractivity contribution in [1.29, 1.82) is 0 Å². The zero-order chi connectivity index (χ0) is 15.0. The number of anilines is 1. The lowest BCUT2D eigenvalue weighted by Crippen LogP contribution is -2.25. The van der Waals surface area contributed by atoms with Crippen LogP contribution in [-0.2, 0) is 4.79 Å². The van der Waals surface area contributed by atoms with Crippen LogP contribution in [0.4, 0.5) is 5.69 Å². The molecule has 1 aromatic heterocycles. The van der Waals surface area contributed by atoms with Crippen molar-refractivity contribution in [2.45, 2.75) is 0 Å². The molecule has 0 radical (unpaired) electrons. The standard InChI is InChI=1S/C14H8BrClN2O3/c15-8-1-7(4-17-5-8)14(20)9-2-12-11(3-10(9)16)18-13(19)6-21-12/h1-5H,6H2,(H,18,19). The first-order valence-electron chi connectivity index (χ1n) is 5.96. The minimum atomic E-state index is -0.267. The summed E-state index contributed by atoms with van der Waals surface area (Å²) >= 11 is 9.40. The molecule has 0 saturated carbocycles. The molecule has 1 aliphatic heterocycles. The molecule has 21 heavy (non-hydrogen) atoms. The van der Waals surface area contributed by atoms with Crippen LogP contribution in [0.25, 0.3) is 0 Å². The normalized spacial score (nSPS) is 13.1. The lowest BCUT2D eigenvalue weighted by Gasteiger charge is -2.19. The van der Waals surface area contributed by atoms with Crippen LogP contribution in [0.2, 0.25) is 5.02 Å². The monoisotopic (exact) mass is 366 g/mol. The highest BCUT2D eigenvalue weighted by Gasteiger charge is 2.21. The van der Waals surface area contributed by atoms with Crippen LogP contribution in [-0.4, -0.2) is 23.3 Å².